The van der Waals surface area contributed by atoms with Crippen LogP contribution in [0, 0.1) is 5.92 Å². The minimum Gasteiger partial charge on any atom is -0.611 e. The molecule has 178 valence electrons. The first-order valence-electron chi connectivity index (χ1n) is 13.3. The van der Waals surface area contributed by atoms with E-state index in [4.69, 9.17) is 0 Å². The lowest BCUT2D eigenvalue weighted by Gasteiger charge is -2.44. The number of phenols is 1. The van der Waals surface area contributed by atoms with Crippen molar-refractivity contribution >= 4 is 22.4 Å². The van der Waals surface area contributed by atoms with E-state index in [1.54, 1.807) is 5.57 Å². The van der Waals surface area contributed by atoms with Gasteiger partial charge in [0.25, 0.3) is 0 Å². The minimum absolute atomic E-state index is 0.0115. The predicted octanol–water partition coefficient (Wildman–Crippen LogP) is 7.95. The van der Waals surface area contributed by atoms with Gasteiger partial charge in [-0.3, -0.25) is 0 Å². The van der Waals surface area contributed by atoms with E-state index >= 15 is 0 Å². The van der Waals surface area contributed by atoms with Gasteiger partial charge in [0.1, 0.15) is 5.75 Å². The summed E-state index contributed by atoms with van der Waals surface area (Å²) >= 11 is -1.15. The zero-order chi connectivity index (χ0) is 22.6. The van der Waals surface area contributed by atoms with Gasteiger partial charge in [-0.1, -0.05) is 58.8 Å². The number of rotatable bonds is 9. The number of unbranched alkanes of at least 4 members (excludes halogenated alkanes) is 2. The lowest BCUT2D eigenvalue weighted by Crippen LogP contribution is -2.43. The van der Waals surface area contributed by atoms with Crippen molar-refractivity contribution in [2.45, 2.75) is 121 Å². The maximum absolute atomic E-state index is 13.1. The van der Waals surface area contributed by atoms with Crippen molar-refractivity contribution in [3.63, 3.8) is 0 Å². The van der Waals surface area contributed by atoms with E-state index in [2.05, 4.69) is 19.2 Å². The van der Waals surface area contributed by atoms with Gasteiger partial charge in [0.05, 0.1) is 5.54 Å². The van der Waals surface area contributed by atoms with Crippen molar-refractivity contribution in [2.24, 2.45) is 5.92 Å². The number of allylic oxidation sites excluding steroid dienone is 1. The summed E-state index contributed by atoms with van der Waals surface area (Å²) in [5.74, 6) is 1.79. The molecule has 1 aliphatic heterocycles. The number of nitrogens with one attached hydrogen (secondary N) is 1. The smallest absolute Gasteiger partial charge is 0.196 e. The van der Waals surface area contributed by atoms with Crippen LogP contribution in [0.5, 0.6) is 5.75 Å². The van der Waals surface area contributed by atoms with Crippen molar-refractivity contribution in [3.8, 4) is 5.75 Å². The summed E-state index contributed by atoms with van der Waals surface area (Å²) < 4.78 is 13.1. The first-order valence-corrected chi connectivity index (χ1v) is 14.7. The molecule has 1 atom stereocenters. The predicted molar refractivity (Wildman–Crippen MR) is 137 cm³/mol. The fourth-order valence-corrected chi connectivity index (χ4v) is 7.68. The highest BCUT2D eigenvalue weighted by Crippen LogP contribution is 2.50. The van der Waals surface area contributed by atoms with Crippen molar-refractivity contribution < 1.29 is 9.66 Å². The standard InChI is InChI=1S/C28H43NO2S/c1-3-28(4-2)24-17-11-10-16-22(24)23-19-26(30)27(20-25(23)29-28)32(31)18-12-6-9-15-21-13-7-5-8-14-21/h19-21,29-30H,3-18H2,1-2H3. The third kappa shape index (κ3) is 5.01. The van der Waals surface area contributed by atoms with Gasteiger partial charge >= 0.3 is 0 Å². The fourth-order valence-electron chi connectivity index (χ4n) is 6.45. The van der Waals surface area contributed by atoms with Crippen LogP contribution in [0.2, 0.25) is 0 Å². The average molecular weight is 458 g/mol. The van der Waals surface area contributed by atoms with E-state index in [1.165, 1.54) is 63.4 Å². The molecule has 32 heavy (non-hydrogen) atoms. The molecule has 0 bridgehead atoms. The highest BCUT2D eigenvalue weighted by Gasteiger charge is 2.39. The molecule has 2 N–H and O–H groups in total. The molecule has 1 fully saturated rings. The Labute approximate surface area is 198 Å². The maximum atomic E-state index is 13.1. The number of aromatic hydroxyl groups is 1. The Kier molecular flexibility index (Phi) is 8.15. The third-order valence-electron chi connectivity index (χ3n) is 8.46. The van der Waals surface area contributed by atoms with Crippen LogP contribution < -0.4 is 5.32 Å². The summed E-state index contributed by atoms with van der Waals surface area (Å²) in [5.41, 5.74) is 5.21. The second kappa shape index (κ2) is 10.9. The second-order valence-electron chi connectivity index (χ2n) is 10.3. The molecular weight excluding hydrogens is 414 g/mol. The van der Waals surface area contributed by atoms with Crippen molar-refractivity contribution in [1.82, 2.24) is 0 Å². The number of phenolic OH excluding ortho intramolecular Hbond substituents is 1. The fraction of sp³-hybridized carbons (Fsp3) is 0.714. The van der Waals surface area contributed by atoms with Crippen LogP contribution in [0.4, 0.5) is 5.69 Å². The molecule has 0 aromatic heterocycles. The van der Waals surface area contributed by atoms with E-state index in [0.717, 1.165) is 55.7 Å². The first kappa shape index (κ1) is 24.0. The molecule has 0 amide bonds. The van der Waals surface area contributed by atoms with Crippen molar-refractivity contribution in [2.75, 3.05) is 11.1 Å². The average Bonchev–Trinajstić information content (AvgIpc) is 2.83. The molecule has 1 aromatic carbocycles. The molecular formula is C28H43NO2S. The third-order valence-corrected chi connectivity index (χ3v) is 9.94. The SMILES string of the molecule is CCC1(CC)Nc2cc([S+]([O-])CCCCCC3CCCCC3)c(O)cc2C2=C1CCCC2. The lowest BCUT2D eigenvalue weighted by molar-refractivity contribution is 0.329. The van der Waals surface area contributed by atoms with Crippen molar-refractivity contribution in [1.29, 1.82) is 0 Å². The quantitative estimate of drug-likeness (QED) is 0.225. The lowest BCUT2D eigenvalue weighted by atomic mass is 9.71. The Morgan fingerprint density at radius 3 is 2.50 bits per heavy atom. The molecule has 0 saturated heterocycles. The topological polar surface area (TPSA) is 55.3 Å². The van der Waals surface area contributed by atoms with Crippen LogP contribution in [0.15, 0.2) is 22.6 Å². The number of hydrogen-bond donors (Lipinski definition) is 2. The zero-order valence-corrected chi connectivity index (χ0v) is 21.1. The number of anilines is 1. The van der Waals surface area contributed by atoms with Crippen LogP contribution >= 0.6 is 0 Å². The Morgan fingerprint density at radius 2 is 1.75 bits per heavy atom. The summed E-state index contributed by atoms with van der Waals surface area (Å²) in [7, 11) is 0. The van der Waals surface area contributed by atoms with E-state index in [-0.39, 0.29) is 11.3 Å². The molecule has 3 nitrogen and oxygen atoms in total. The Bertz CT molecular complexity index is 808. The highest BCUT2D eigenvalue weighted by molar-refractivity contribution is 7.91. The van der Waals surface area contributed by atoms with Gasteiger partial charge < -0.3 is 15.0 Å². The van der Waals surface area contributed by atoms with E-state index < -0.39 is 11.2 Å². The molecule has 1 heterocycles. The summed E-state index contributed by atoms with van der Waals surface area (Å²) in [6.45, 7) is 4.54. The number of hydrogen-bond acceptors (Lipinski definition) is 3. The van der Waals surface area contributed by atoms with Gasteiger partial charge in [0.15, 0.2) is 10.6 Å². The van der Waals surface area contributed by atoms with E-state index in [9.17, 15) is 9.66 Å². The Balaban J connectivity index is 1.42. The molecule has 3 aliphatic rings. The van der Waals surface area contributed by atoms with Gasteiger partial charge in [0.2, 0.25) is 0 Å². The number of benzene rings is 1. The summed E-state index contributed by atoms with van der Waals surface area (Å²) in [4.78, 5) is 0.615. The van der Waals surface area contributed by atoms with Gasteiger partial charge in [-0.05, 0) is 85.7 Å². The number of fused-ring (bicyclic) bond motifs is 2. The van der Waals surface area contributed by atoms with E-state index in [0.29, 0.717) is 10.6 Å². The molecule has 1 unspecified atom stereocenters. The van der Waals surface area contributed by atoms with Crippen LogP contribution in [-0.4, -0.2) is 21.0 Å². The van der Waals surface area contributed by atoms with Gasteiger partial charge in [-0.25, -0.2) is 0 Å². The minimum atomic E-state index is -1.15. The molecule has 1 saturated carbocycles. The summed E-state index contributed by atoms with van der Waals surface area (Å²) in [6.07, 6.45) is 18.6. The van der Waals surface area contributed by atoms with Crippen LogP contribution in [0.3, 0.4) is 0 Å². The monoisotopic (exact) mass is 457 g/mol. The zero-order valence-electron chi connectivity index (χ0n) is 20.3. The van der Waals surface area contributed by atoms with Crippen LogP contribution in [-0.2, 0) is 11.2 Å². The van der Waals surface area contributed by atoms with Gasteiger partial charge in [0, 0.05) is 17.3 Å². The molecule has 1 aromatic rings. The largest absolute Gasteiger partial charge is 0.611 e. The molecule has 2 aliphatic carbocycles. The molecule has 4 rings (SSSR count). The van der Waals surface area contributed by atoms with Gasteiger partial charge in [-0.15, -0.1) is 0 Å². The molecule has 0 radical (unpaired) electrons. The highest BCUT2D eigenvalue weighted by atomic mass is 32.2. The van der Waals surface area contributed by atoms with Crippen LogP contribution in [0.1, 0.15) is 116 Å². The van der Waals surface area contributed by atoms with E-state index in [1.807, 2.05) is 12.1 Å². The van der Waals surface area contributed by atoms with Crippen molar-refractivity contribution in [3.05, 3.63) is 23.3 Å². The first-order chi connectivity index (χ1) is 15.6. The maximum Gasteiger partial charge on any atom is 0.196 e. The molecule has 4 heteroatoms. The summed E-state index contributed by atoms with van der Waals surface area (Å²) in [6, 6.07) is 3.90. The molecule has 0 spiro atoms. The Morgan fingerprint density at radius 1 is 1.00 bits per heavy atom. The second-order valence-corrected chi connectivity index (χ2v) is 11.9. The summed E-state index contributed by atoms with van der Waals surface area (Å²) in [5, 5.41) is 14.6. The normalized spacial score (nSPS) is 21.6. The van der Waals surface area contributed by atoms with Gasteiger partial charge in [-0.2, -0.15) is 0 Å². The Hall–Kier alpha value is -1.13. The van der Waals surface area contributed by atoms with Crippen LogP contribution in [0.25, 0.3) is 5.57 Å².